The summed E-state index contributed by atoms with van der Waals surface area (Å²) in [5, 5.41) is 4.56. The van der Waals surface area contributed by atoms with Crippen molar-refractivity contribution in [1.82, 2.24) is 14.5 Å². The lowest BCUT2D eigenvalue weighted by Gasteiger charge is -2.37. The molecule has 1 N–H and O–H groups in total. The molecule has 0 saturated heterocycles. The minimum absolute atomic E-state index is 0.0531. The van der Waals surface area contributed by atoms with Crippen LogP contribution in [0, 0.1) is 0 Å². The highest BCUT2D eigenvalue weighted by atomic mass is 32.2. The molecule has 0 saturated carbocycles. The Balaban J connectivity index is 1.72. The van der Waals surface area contributed by atoms with E-state index in [1.807, 2.05) is 62.4 Å². The predicted octanol–water partition coefficient (Wildman–Crippen LogP) is 3.33. The summed E-state index contributed by atoms with van der Waals surface area (Å²) in [5.41, 5.74) is 1.82. The molecular weight excluding hydrogens is 462 g/mol. The molecule has 1 atom stereocenters. The van der Waals surface area contributed by atoms with Gasteiger partial charge in [-0.15, -0.1) is 0 Å². The highest BCUT2D eigenvalue weighted by Gasteiger charge is 2.41. The first kappa shape index (κ1) is 24.9. The van der Waals surface area contributed by atoms with Gasteiger partial charge in [-0.3, -0.25) is 9.59 Å². The van der Waals surface area contributed by atoms with Crippen molar-refractivity contribution in [3.63, 3.8) is 0 Å². The average Bonchev–Trinajstić information content (AvgIpc) is 2.85. The van der Waals surface area contributed by atoms with Crippen LogP contribution in [0.25, 0.3) is 10.8 Å². The van der Waals surface area contributed by atoms with Gasteiger partial charge in [0.15, 0.2) is 0 Å². The third-order valence-corrected chi connectivity index (χ3v) is 8.15. The molecule has 8 heteroatoms. The van der Waals surface area contributed by atoms with Gasteiger partial charge in [0.2, 0.25) is 21.8 Å². The molecule has 0 radical (unpaired) electrons. The van der Waals surface area contributed by atoms with Crippen LogP contribution < -0.4 is 5.32 Å². The van der Waals surface area contributed by atoms with Crippen LogP contribution in [-0.4, -0.2) is 54.6 Å². The highest BCUT2D eigenvalue weighted by molar-refractivity contribution is 7.89. The minimum atomic E-state index is -3.99. The van der Waals surface area contributed by atoms with Crippen LogP contribution in [-0.2, 0) is 32.6 Å². The Morgan fingerprint density at radius 3 is 2.34 bits per heavy atom. The van der Waals surface area contributed by atoms with Gasteiger partial charge < -0.3 is 10.2 Å². The molecule has 3 aromatic rings. The fraction of sp³-hybridized carbons (Fsp3) is 0.333. The van der Waals surface area contributed by atoms with Crippen LogP contribution in [0.2, 0.25) is 0 Å². The van der Waals surface area contributed by atoms with E-state index in [-0.39, 0.29) is 42.3 Å². The van der Waals surface area contributed by atoms with E-state index < -0.39 is 16.1 Å². The second kappa shape index (κ2) is 10.2. The van der Waals surface area contributed by atoms with Gasteiger partial charge in [-0.2, -0.15) is 4.31 Å². The summed E-state index contributed by atoms with van der Waals surface area (Å²) in [6.07, 6.45) is 0.254. The number of sulfonamides is 1. The first-order chi connectivity index (χ1) is 16.7. The largest absolute Gasteiger partial charge is 0.352 e. The van der Waals surface area contributed by atoms with Crippen molar-refractivity contribution in [3.8, 4) is 0 Å². The van der Waals surface area contributed by atoms with Gasteiger partial charge in [0, 0.05) is 19.1 Å². The Kier molecular flexibility index (Phi) is 7.23. The first-order valence-corrected chi connectivity index (χ1v) is 13.3. The highest BCUT2D eigenvalue weighted by Crippen LogP contribution is 2.31. The lowest BCUT2D eigenvalue weighted by atomic mass is 9.95. The van der Waals surface area contributed by atoms with Gasteiger partial charge in [0.1, 0.15) is 6.04 Å². The maximum absolute atomic E-state index is 13.9. The van der Waals surface area contributed by atoms with Crippen molar-refractivity contribution in [2.75, 3.05) is 13.1 Å². The Morgan fingerprint density at radius 2 is 1.66 bits per heavy atom. The van der Waals surface area contributed by atoms with Gasteiger partial charge in [-0.1, -0.05) is 54.6 Å². The van der Waals surface area contributed by atoms with Crippen LogP contribution >= 0.6 is 0 Å². The summed E-state index contributed by atoms with van der Waals surface area (Å²) >= 11 is 0. The molecule has 7 nitrogen and oxygen atoms in total. The van der Waals surface area contributed by atoms with E-state index >= 15 is 0 Å². The number of hydrogen-bond donors (Lipinski definition) is 1. The lowest BCUT2D eigenvalue weighted by Crippen LogP contribution is -2.55. The number of rotatable bonds is 7. The number of benzene rings is 3. The Labute approximate surface area is 206 Å². The van der Waals surface area contributed by atoms with Gasteiger partial charge in [0.05, 0.1) is 11.4 Å². The molecule has 1 unspecified atom stereocenters. The molecule has 184 valence electrons. The van der Waals surface area contributed by atoms with E-state index in [4.69, 9.17) is 0 Å². The maximum Gasteiger partial charge on any atom is 0.244 e. The van der Waals surface area contributed by atoms with Crippen LogP contribution in [0.4, 0.5) is 0 Å². The molecule has 1 aliphatic heterocycles. The normalized spacial score (nSPS) is 16.2. The monoisotopic (exact) mass is 493 g/mol. The zero-order chi connectivity index (χ0) is 25.2. The van der Waals surface area contributed by atoms with Crippen molar-refractivity contribution in [2.24, 2.45) is 0 Å². The molecule has 0 fully saturated rings. The van der Waals surface area contributed by atoms with Gasteiger partial charge >= 0.3 is 0 Å². The van der Waals surface area contributed by atoms with E-state index in [0.717, 1.165) is 21.9 Å². The number of fused-ring (bicyclic) bond motifs is 2. The molecule has 0 spiro atoms. The van der Waals surface area contributed by atoms with E-state index in [0.29, 0.717) is 6.54 Å². The standard InChI is InChI=1S/C27H31N3O4S/c1-4-29(18-26(31)28-19(2)3)27(32)25-16-22-11-7-8-12-23(22)17-30(25)35(33,34)24-14-13-20-9-5-6-10-21(20)15-24/h5-15,19,25H,4,16-18H2,1-3H3,(H,28,31). The van der Waals surface area contributed by atoms with Gasteiger partial charge in [-0.05, 0) is 61.2 Å². The molecule has 3 aromatic carbocycles. The Hall–Kier alpha value is -3.23. The molecule has 2 amide bonds. The number of nitrogens with zero attached hydrogens (tertiary/aromatic N) is 2. The molecule has 1 aliphatic rings. The second-order valence-electron chi connectivity index (χ2n) is 9.12. The fourth-order valence-corrected chi connectivity index (χ4v) is 6.12. The average molecular weight is 494 g/mol. The van der Waals surface area contributed by atoms with Gasteiger partial charge in [0.25, 0.3) is 0 Å². The minimum Gasteiger partial charge on any atom is -0.352 e. The zero-order valence-electron chi connectivity index (χ0n) is 20.3. The molecule has 0 aliphatic carbocycles. The smallest absolute Gasteiger partial charge is 0.244 e. The number of nitrogens with one attached hydrogen (secondary N) is 1. The Morgan fingerprint density at radius 1 is 1.00 bits per heavy atom. The van der Waals surface area contributed by atoms with E-state index in [2.05, 4.69) is 5.32 Å². The molecule has 0 bridgehead atoms. The SMILES string of the molecule is CCN(CC(=O)NC(C)C)C(=O)C1Cc2ccccc2CN1S(=O)(=O)c1ccc2ccccc2c1. The summed E-state index contributed by atoms with van der Waals surface area (Å²) in [6, 6.07) is 19.2. The van der Waals surface area contributed by atoms with E-state index in [1.54, 1.807) is 25.1 Å². The topological polar surface area (TPSA) is 86.8 Å². The summed E-state index contributed by atoms with van der Waals surface area (Å²) in [7, 11) is -3.99. The number of likely N-dealkylation sites (N-methyl/N-ethyl adjacent to an activating group) is 1. The number of hydrogen-bond acceptors (Lipinski definition) is 4. The molecule has 35 heavy (non-hydrogen) atoms. The predicted molar refractivity (Wildman–Crippen MR) is 136 cm³/mol. The fourth-order valence-electron chi connectivity index (χ4n) is 4.52. The maximum atomic E-state index is 13.9. The van der Waals surface area contributed by atoms with Crippen molar-refractivity contribution in [1.29, 1.82) is 0 Å². The Bertz CT molecular complexity index is 1350. The lowest BCUT2D eigenvalue weighted by molar-refractivity contribution is -0.139. The van der Waals surface area contributed by atoms with E-state index in [1.165, 1.54) is 9.21 Å². The summed E-state index contributed by atoms with van der Waals surface area (Å²) in [4.78, 5) is 27.7. The van der Waals surface area contributed by atoms with Crippen molar-refractivity contribution in [3.05, 3.63) is 77.9 Å². The summed E-state index contributed by atoms with van der Waals surface area (Å²) in [5.74, 6) is -0.638. The van der Waals surface area contributed by atoms with Crippen LogP contribution in [0.3, 0.4) is 0 Å². The van der Waals surface area contributed by atoms with Crippen molar-refractivity contribution in [2.45, 2.75) is 50.7 Å². The molecular formula is C27H31N3O4S. The second-order valence-corrected chi connectivity index (χ2v) is 11.0. The number of carbonyl (C=O) groups excluding carboxylic acids is 2. The zero-order valence-corrected chi connectivity index (χ0v) is 21.1. The number of carbonyl (C=O) groups is 2. The van der Waals surface area contributed by atoms with Crippen LogP contribution in [0.5, 0.6) is 0 Å². The van der Waals surface area contributed by atoms with Crippen molar-refractivity contribution < 1.29 is 18.0 Å². The third-order valence-electron chi connectivity index (χ3n) is 6.30. The molecule has 4 rings (SSSR count). The van der Waals surface area contributed by atoms with Gasteiger partial charge in [-0.25, -0.2) is 8.42 Å². The quantitative estimate of drug-likeness (QED) is 0.547. The molecule has 1 heterocycles. The van der Waals surface area contributed by atoms with Crippen LogP contribution in [0.1, 0.15) is 31.9 Å². The molecule has 0 aromatic heterocycles. The van der Waals surface area contributed by atoms with Crippen LogP contribution in [0.15, 0.2) is 71.6 Å². The van der Waals surface area contributed by atoms with Crippen molar-refractivity contribution >= 4 is 32.6 Å². The summed E-state index contributed by atoms with van der Waals surface area (Å²) < 4.78 is 29.1. The van der Waals surface area contributed by atoms with E-state index in [9.17, 15) is 18.0 Å². The first-order valence-electron chi connectivity index (χ1n) is 11.9. The third kappa shape index (κ3) is 5.23. The summed E-state index contributed by atoms with van der Waals surface area (Å²) in [6.45, 7) is 5.77. The number of amides is 2.